The predicted molar refractivity (Wildman–Crippen MR) is 50.7 cm³/mol. The fourth-order valence-corrected chi connectivity index (χ4v) is 0.478. The zero-order chi connectivity index (χ0) is 10.9. The van der Waals surface area contributed by atoms with Gasteiger partial charge in [0.15, 0.2) is 0 Å². The molecule has 0 amide bonds. The smallest absolute Gasteiger partial charge is 0.395 e. The number of carbonyl (C=O) groups is 1. The van der Waals surface area contributed by atoms with Gasteiger partial charge in [-0.1, -0.05) is 20.8 Å². The summed E-state index contributed by atoms with van der Waals surface area (Å²) >= 11 is 0. The normalized spacial score (nSPS) is 13.8. The lowest BCUT2D eigenvalue weighted by atomic mass is 9.87. The van der Waals surface area contributed by atoms with Gasteiger partial charge in [0.2, 0.25) is 0 Å². The van der Waals surface area contributed by atoms with Crippen molar-refractivity contribution >= 4 is 5.78 Å². The van der Waals surface area contributed by atoms with Crippen LogP contribution in [-0.2, 0) is 4.79 Å². The van der Waals surface area contributed by atoms with Gasteiger partial charge >= 0.3 is 5.78 Å². The van der Waals surface area contributed by atoms with Crippen molar-refractivity contribution in [1.82, 2.24) is 0 Å². The maximum absolute atomic E-state index is 11.4. The highest BCUT2D eigenvalue weighted by Crippen LogP contribution is 2.22. The second kappa shape index (κ2) is 3.47. The van der Waals surface area contributed by atoms with Crippen LogP contribution in [0, 0.1) is 16.9 Å². The van der Waals surface area contributed by atoms with Gasteiger partial charge in [-0.25, -0.2) is 4.79 Å². The van der Waals surface area contributed by atoms with Crippen LogP contribution in [0.1, 0.15) is 41.5 Å². The number of ketones is 1. The molecule has 0 aromatic carbocycles. The third kappa shape index (κ3) is 4.05. The average molecular weight is 182 g/mol. The van der Waals surface area contributed by atoms with Crippen LogP contribution in [0.25, 0.3) is 0 Å². The van der Waals surface area contributed by atoms with Gasteiger partial charge in [-0.2, -0.15) is 0 Å². The molecule has 0 aliphatic carbocycles. The summed E-state index contributed by atoms with van der Waals surface area (Å²) in [4.78, 5) is 11.4. The highest BCUT2D eigenvalue weighted by molar-refractivity contribution is 5.90. The molecule has 0 aromatic rings. The molecule has 0 saturated heterocycles. The minimum absolute atomic E-state index is 0.229. The largest absolute Gasteiger partial charge is 0.835 e. The molecular formula is C11H18O2. The molecule has 0 radical (unpaired) electrons. The number of rotatable bonds is 1. The second-order valence-electron chi connectivity index (χ2n) is 5.28. The van der Waals surface area contributed by atoms with Gasteiger partial charge < -0.3 is 5.11 Å². The van der Waals surface area contributed by atoms with Crippen LogP contribution in [0.4, 0.5) is 0 Å². The Morgan fingerprint density at radius 3 is 1.62 bits per heavy atom. The molecule has 74 valence electrons. The first kappa shape index (κ1) is 12.1. The second-order valence-corrected chi connectivity index (χ2v) is 5.28. The molecule has 13 heavy (non-hydrogen) atoms. The average Bonchev–Trinajstić information content (AvgIpc) is 1.82. The Hall–Kier alpha value is -0.880. The number of carbonyl (C=O) groups excluding carboxylic acids is 1. The first-order chi connectivity index (χ1) is 5.55. The summed E-state index contributed by atoms with van der Waals surface area (Å²) in [6.07, 6.45) is 2.38. The van der Waals surface area contributed by atoms with Crippen LogP contribution in [0.3, 0.4) is 0 Å². The molecule has 0 bridgehead atoms. The first-order valence-electron chi connectivity index (χ1n) is 4.41. The van der Waals surface area contributed by atoms with E-state index in [-0.39, 0.29) is 11.5 Å². The van der Waals surface area contributed by atoms with E-state index < -0.39 is 10.8 Å². The highest BCUT2D eigenvalue weighted by Gasteiger charge is 2.32. The van der Waals surface area contributed by atoms with Crippen molar-refractivity contribution in [2.75, 3.05) is 0 Å². The van der Waals surface area contributed by atoms with Gasteiger partial charge in [-0.05, 0) is 20.8 Å². The Morgan fingerprint density at radius 2 is 1.38 bits per heavy atom. The van der Waals surface area contributed by atoms with Crippen molar-refractivity contribution in [3.05, 3.63) is 11.8 Å². The molecule has 0 aliphatic heterocycles. The quantitative estimate of drug-likeness (QED) is 0.352. The van der Waals surface area contributed by atoms with Crippen molar-refractivity contribution in [2.24, 2.45) is 10.8 Å². The summed E-state index contributed by atoms with van der Waals surface area (Å²) in [5, 5.41) is 11.4. The third-order valence-electron chi connectivity index (χ3n) is 1.59. The summed E-state index contributed by atoms with van der Waals surface area (Å²) in [6.45, 7) is 10.7. The fraction of sp³-hybridized carbons (Fsp3) is 0.727. The van der Waals surface area contributed by atoms with Gasteiger partial charge in [0.05, 0.1) is 5.41 Å². The van der Waals surface area contributed by atoms with E-state index in [1.165, 1.54) is 0 Å². The maximum Gasteiger partial charge on any atom is 0.395 e. The molecule has 0 saturated carbocycles. The zero-order valence-electron chi connectivity index (χ0n) is 9.32. The molecule has 0 heterocycles. The van der Waals surface area contributed by atoms with Gasteiger partial charge in [0.25, 0.3) is 6.08 Å². The van der Waals surface area contributed by atoms with Gasteiger partial charge in [0.1, 0.15) is 5.76 Å². The van der Waals surface area contributed by atoms with Gasteiger partial charge in [-0.15, -0.1) is 0 Å². The van der Waals surface area contributed by atoms with Crippen molar-refractivity contribution in [3.63, 3.8) is 0 Å². The predicted octanol–water partition coefficient (Wildman–Crippen LogP) is 1.70. The van der Waals surface area contributed by atoms with Gasteiger partial charge in [0, 0.05) is 5.41 Å². The summed E-state index contributed by atoms with van der Waals surface area (Å²) in [7, 11) is 0. The van der Waals surface area contributed by atoms with E-state index in [0.717, 1.165) is 0 Å². The maximum atomic E-state index is 11.4. The number of hydrogen-bond donors (Lipinski definition) is 0. The molecule has 0 spiro atoms. The Bertz CT molecular complexity index is 223. The van der Waals surface area contributed by atoms with Crippen molar-refractivity contribution in [3.8, 4) is 0 Å². The molecular weight excluding hydrogens is 164 g/mol. The number of hydrogen-bond acceptors (Lipinski definition) is 2. The van der Waals surface area contributed by atoms with E-state index >= 15 is 0 Å². The zero-order valence-corrected chi connectivity index (χ0v) is 9.32. The summed E-state index contributed by atoms with van der Waals surface area (Å²) in [5.74, 6) is -0.458. The Balaban J connectivity index is 4.70. The molecule has 0 aromatic heterocycles. The Labute approximate surface area is 80.7 Å². The molecule has 0 unspecified atom stereocenters. The topological polar surface area (TPSA) is 40.1 Å². The Kier molecular flexibility index (Phi) is 3.23. The SMILES string of the molecule is CC(C)(C)C(=O)[C+]=C([O-])C(C)(C)C. The molecule has 2 heteroatoms. The van der Waals surface area contributed by atoms with E-state index in [1.807, 2.05) is 0 Å². The van der Waals surface area contributed by atoms with Crippen LogP contribution in [0.15, 0.2) is 5.76 Å². The van der Waals surface area contributed by atoms with Crippen LogP contribution in [0.2, 0.25) is 0 Å². The summed E-state index contributed by atoms with van der Waals surface area (Å²) in [5.41, 5.74) is -1.03. The lowest BCUT2D eigenvalue weighted by molar-refractivity contribution is -0.323. The van der Waals surface area contributed by atoms with Crippen LogP contribution in [0.5, 0.6) is 0 Å². The fourth-order valence-electron chi connectivity index (χ4n) is 0.478. The highest BCUT2D eigenvalue weighted by atomic mass is 16.3. The minimum atomic E-state index is -0.513. The number of allylic oxidation sites excluding steroid dienone is 2. The van der Waals surface area contributed by atoms with Crippen LogP contribution in [-0.4, -0.2) is 5.78 Å². The third-order valence-corrected chi connectivity index (χ3v) is 1.59. The van der Waals surface area contributed by atoms with Crippen molar-refractivity contribution in [1.29, 1.82) is 0 Å². The first-order valence-corrected chi connectivity index (χ1v) is 4.41. The molecule has 0 atom stereocenters. The summed E-state index contributed by atoms with van der Waals surface area (Å²) in [6, 6.07) is 0. The molecule has 0 N–H and O–H groups in total. The Morgan fingerprint density at radius 1 is 1.00 bits per heavy atom. The van der Waals surface area contributed by atoms with Crippen molar-refractivity contribution < 1.29 is 9.90 Å². The lowest BCUT2D eigenvalue weighted by Gasteiger charge is -2.18. The monoisotopic (exact) mass is 182 g/mol. The molecule has 0 rings (SSSR count). The molecule has 0 aliphatic rings. The minimum Gasteiger partial charge on any atom is -0.835 e. The van der Waals surface area contributed by atoms with Gasteiger partial charge in [-0.3, -0.25) is 0 Å². The molecule has 0 fully saturated rings. The molecule has 2 nitrogen and oxygen atoms in total. The van der Waals surface area contributed by atoms with Crippen molar-refractivity contribution in [2.45, 2.75) is 41.5 Å². The van der Waals surface area contributed by atoms with E-state index in [1.54, 1.807) is 41.5 Å². The van der Waals surface area contributed by atoms with E-state index in [9.17, 15) is 9.90 Å². The van der Waals surface area contributed by atoms with Crippen LogP contribution < -0.4 is 5.11 Å². The van der Waals surface area contributed by atoms with Crippen LogP contribution >= 0.6 is 0 Å². The summed E-state index contributed by atoms with van der Waals surface area (Å²) < 4.78 is 0. The number of Topliss-reactive ketones (excluding diaryl/α,β-unsaturated/α-hetero) is 1. The van der Waals surface area contributed by atoms with E-state index in [0.29, 0.717) is 0 Å². The van der Waals surface area contributed by atoms with E-state index in [2.05, 4.69) is 6.08 Å². The van der Waals surface area contributed by atoms with E-state index in [4.69, 9.17) is 0 Å². The standard InChI is InChI=1S/C11H18O2/c1-10(2,3)8(12)7-9(13)11(4,5)6/h1-6H3. The lowest BCUT2D eigenvalue weighted by Crippen LogP contribution is -2.26.